The fourth-order valence-electron chi connectivity index (χ4n) is 3.95. The van der Waals surface area contributed by atoms with Gasteiger partial charge in [-0.2, -0.15) is 0 Å². The first-order valence-electron chi connectivity index (χ1n) is 11.4. The van der Waals surface area contributed by atoms with Gasteiger partial charge in [-0.05, 0) is 42.0 Å². The number of hydrogen-bond acceptors (Lipinski definition) is 5. The van der Waals surface area contributed by atoms with Crippen LogP contribution in [0.3, 0.4) is 0 Å². The summed E-state index contributed by atoms with van der Waals surface area (Å²) < 4.78 is 27.4. The van der Waals surface area contributed by atoms with Crippen molar-refractivity contribution in [1.29, 1.82) is 0 Å². The molecular formula is C26H30N4O3S. The Labute approximate surface area is 201 Å². The van der Waals surface area contributed by atoms with E-state index < -0.39 is 10.0 Å². The molecule has 0 aliphatic carbocycles. The summed E-state index contributed by atoms with van der Waals surface area (Å²) in [5.74, 6) is -0.166. The molecule has 0 unspecified atom stereocenters. The largest absolute Gasteiger partial charge is 0.351 e. The molecular weight excluding hydrogens is 448 g/mol. The van der Waals surface area contributed by atoms with Crippen molar-refractivity contribution in [2.24, 2.45) is 0 Å². The number of benzene rings is 3. The van der Waals surface area contributed by atoms with Gasteiger partial charge in [-0.3, -0.25) is 19.3 Å². The lowest BCUT2D eigenvalue weighted by Crippen LogP contribution is -2.48. The van der Waals surface area contributed by atoms with Crippen LogP contribution in [0.2, 0.25) is 0 Å². The van der Waals surface area contributed by atoms with Gasteiger partial charge in [0.2, 0.25) is 0 Å². The molecule has 2 N–H and O–H groups in total. The smallest absolute Gasteiger partial charge is 0.261 e. The van der Waals surface area contributed by atoms with Gasteiger partial charge in [0.05, 0.1) is 4.90 Å². The molecule has 3 aromatic carbocycles. The van der Waals surface area contributed by atoms with Crippen molar-refractivity contribution in [3.8, 4) is 0 Å². The van der Waals surface area contributed by atoms with Gasteiger partial charge in [0.1, 0.15) is 0 Å². The molecule has 8 heteroatoms. The number of carbonyl (C=O) groups is 1. The summed E-state index contributed by atoms with van der Waals surface area (Å²) in [7, 11) is -3.65. The van der Waals surface area contributed by atoms with E-state index in [9.17, 15) is 13.2 Å². The van der Waals surface area contributed by atoms with Crippen LogP contribution in [0.4, 0.5) is 5.69 Å². The second-order valence-corrected chi connectivity index (χ2v) is 10.0. The highest BCUT2D eigenvalue weighted by Gasteiger charge is 2.17. The minimum absolute atomic E-state index is 0.166. The second-order valence-electron chi connectivity index (χ2n) is 8.36. The zero-order valence-corrected chi connectivity index (χ0v) is 19.9. The molecule has 1 aliphatic rings. The monoisotopic (exact) mass is 478 g/mol. The Bertz CT molecular complexity index is 1160. The normalized spacial score (nSPS) is 15.1. The summed E-state index contributed by atoms with van der Waals surface area (Å²) in [4.78, 5) is 17.5. The molecule has 1 fully saturated rings. The van der Waals surface area contributed by atoms with Gasteiger partial charge in [-0.15, -0.1) is 0 Å². The van der Waals surface area contributed by atoms with E-state index in [0.717, 1.165) is 39.3 Å². The van der Waals surface area contributed by atoms with E-state index in [1.807, 2.05) is 6.07 Å². The van der Waals surface area contributed by atoms with Gasteiger partial charge in [0.15, 0.2) is 0 Å². The Hall–Kier alpha value is -3.20. The van der Waals surface area contributed by atoms with Crippen LogP contribution in [-0.2, 0) is 16.6 Å². The van der Waals surface area contributed by atoms with Gasteiger partial charge in [0, 0.05) is 57.1 Å². The molecule has 1 heterocycles. The quantitative estimate of drug-likeness (QED) is 0.494. The van der Waals surface area contributed by atoms with Crippen molar-refractivity contribution in [2.45, 2.75) is 11.4 Å². The number of nitrogens with zero attached hydrogens (tertiary/aromatic N) is 2. The number of carbonyl (C=O) groups excluding carboxylic acids is 1. The Balaban J connectivity index is 1.19. The van der Waals surface area contributed by atoms with Gasteiger partial charge in [-0.1, -0.05) is 48.5 Å². The molecule has 1 aliphatic heterocycles. The summed E-state index contributed by atoms with van der Waals surface area (Å²) in [5, 5.41) is 2.96. The summed E-state index contributed by atoms with van der Waals surface area (Å²) in [5.41, 5.74) is 2.24. The lowest BCUT2D eigenvalue weighted by atomic mass is 10.2. The fourth-order valence-corrected chi connectivity index (χ4v) is 5.03. The predicted octanol–water partition coefficient (Wildman–Crippen LogP) is 3.04. The number of sulfonamides is 1. The molecule has 1 amide bonds. The molecule has 0 bridgehead atoms. The average Bonchev–Trinajstić information content (AvgIpc) is 2.86. The minimum atomic E-state index is -3.65. The highest BCUT2D eigenvalue weighted by molar-refractivity contribution is 7.92. The Morgan fingerprint density at radius 1 is 0.765 bits per heavy atom. The van der Waals surface area contributed by atoms with E-state index in [2.05, 4.69) is 44.1 Å². The van der Waals surface area contributed by atoms with Crippen molar-refractivity contribution >= 4 is 21.6 Å². The maximum Gasteiger partial charge on any atom is 0.261 e. The molecule has 3 aromatic rings. The number of piperazine rings is 1. The number of anilines is 1. The number of nitrogens with one attached hydrogen (secondary N) is 2. The van der Waals surface area contributed by atoms with E-state index >= 15 is 0 Å². The third kappa shape index (κ3) is 6.66. The first-order chi connectivity index (χ1) is 16.5. The van der Waals surface area contributed by atoms with Crippen molar-refractivity contribution < 1.29 is 13.2 Å². The Kier molecular flexibility index (Phi) is 7.95. The van der Waals surface area contributed by atoms with Crippen LogP contribution in [0.15, 0.2) is 89.8 Å². The summed E-state index contributed by atoms with van der Waals surface area (Å²) in [6, 6.07) is 25.1. The lowest BCUT2D eigenvalue weighted by Gasteiger charge is -2.34. The average molecular weight is 479 g/mol. The van der Waals surface area contributed by atoms with Gasteiger partial charge in [0.25, 0.3) is 15.9 Å². The molecule has 0 spiro atoms. The van der Waals surface area contributed by atoms with E-state index in [1.54, 1.807) is 42.5 Å². The third-order valence-corrected chi connectivity index (χ3v) is 7.28. The predicted molar refractivity (Wildman–Crippen MR) is 134 cm³/mol. The van der Waals surface area contributed by atoms with Crippen LogP contribution in [0.25, 0.3) is 0 Å². The lowest BCUT2D eigenvalue weighted by molar-refractivity contribution is 0.0934. The molecule has 0 atom stereocenters. The maximum atomic E-state index is 12.5. The molecule has 178 valence electrons. The Morgan fingerprint density at radius 3 is 2.00 bits per heavy atom. The molecule has 0 aromatic heterocycles. The van der Waals surface area contributed by atoms with Crippen molar-refractivity contribution in [3.05, 3.63) is 96.1 Å². The molecule has 0 saturated carbocycles. The van der Waals surface area contributed by atoms with E-state index in [-0.39, 0.29) is 10.8 Å². The fraction of sp³-hybridized carbons (Fsp3) is 0.269. The van der Waals surface area contributed by atoms with Gasteiger partial charge in [-0.25, -0.2) is 8.42 Å². The number of hydrogen-bond donors (Lipinski definition) is 2. The zero-order chi connectivity index (χ0) is 23.8. The van der Waals surface area contributed by atoms with Gasteiger partial charge >= 0.3 is 0 Å². The number of rotatable bonds is 9. The van der Waals surface area contributed by atoms with Crippen molar-refractivity contribution in [1.82, 2.24) is 15.1 Å². The summed E-state index contributed by atoms with van der Waals surface area (Å²) in [6.07, 6.45) is 0. The number of amides is 1. The van der Waals surface area contributed by atoms with Crippen LogP contribution in [0.1, 0.15) is 15.9 Å². The van der Waals surface area contributed by atoms with E-state index in [4.69, 9.17) is 0 Å². The highest BCUT2D eigenvalue weighted by Crippen LogP contribution is 2.16. The van der Waals surface area contributed by atoms with Crippen LogP contribution in [0, 0.1) is 0 Å². The van der Waals surface area contributed by atoms with Gasteiger partial charge < -0.3 is 5.32 Å². The molecule has 0 radical (unpaired) electrons. The van der Waals surface area contributed by atoms with Crippen LogP contribution in [-0.4, -0.2) is 63.4 Å². The second kappa shape index (κ2) is 11.3. The minimum Gasteiger partial charge on any atom is -0.351 e. The first-order valence-corrected chi connectivity index (χ1v) is 12.9. The third-order valence-electron chi connectivity index (χ3n) is 5.88. The van der Waals surface area contributed by atoms with E-state index in [1.165, 1.54) is 17.7 Å². The molecule has 34 heavy (non-hydrogen) atoms. The Morgan fingerprint density at radius 2 is 1.35 bits per heavy atom. The van der Waals surface area contributed by atoms with Crippen molar-refractivity contribution in [3.63, 3.8) is 0 Å². The highest BCUT2D eigenvalue weighted by atomic mass is 32.2. The maximum absolute atomic E-state index is 12.5. The SMILES string of the molecule is O=C(NCCN1CCN(Cc2ccccc2)CC1)c1ccc(NS(=O)(=O)c2ccccc2)cc1. The molecule has 4 rings (SSSR count). The zero-order valence-electron chi connectivity index (χ0n) is 19.1. The standard InChI is InChI=1S/C26H30N4O3S/c31-26(23-11-13-24(14-12-23)28-34(32,33)25-9-5-2-6-10-25)27-15-16-29-17-19-30(20-18-29)21-22-7-3-1-4-8-22/h1-14,28H,15-21H2,(H,27,31). The summed E-state index contributed by atoms with van der Waals surface area (Å²) >= 11 is 0. The van der Waals surface area contributed by atoms with Crippen LogP contribution >= 0.6 is 0 Å². The van der Waals surface area contributed by atoms with Crippen molar-refractivity contribution in [2.75, 3.05) is 44.0 Å². The molecule has 7 nitrogen and oxygen atoms in total. The van der Waals surface area contributed by atoms with E-state index in [0.29, 0.717) is 17.8 Å². The summed E-state index contributed by atoms with van der Waals surface area (Å²) in [6.45, 7) is 6.35. The topological polar surface area (TPSA) is 81.8 Å². The first kappa shape index (κ1) is 23.9. The van der Waals surface area contributed by atoms with Crippen LogP contribution < -0.4 is 10.0 Å². The van der Waals surface area contributed by atoms with Crippen LogP contribution in [0.5, 0.6) is 0 Å². The molecule has 1 saturated heterocycles.